The Balaban J connectivity index is 1.81. The number of rotatable bonds is 7. The van der Waals surface area contributed by atoms with Crippen LogP contribution in [0.5, 0.6) is 5.75 Å². The van der Waals surface area contributed by atoms with E-state index in [0.717, 1.165) is 11.3 Å². The van der Waals surface area contributed by atoms with Gasteiger partial charge in [0.25, 0.3) is 0 Å². The van der Waals surface area contributed by atoms with Crippen LogP contribution >= 0.6 is 0 Å². The highest BCUT2D eigenvalue weighted by Gasteiger charge is 2.06. The number of amides is 1. The lowest BCUT2D eigenvalue weighted by molar-refractivity contribution is -0.121. The number of nitrogens with one attached hydrogen (secondary N) is 1. The van der Waals surface area contributed by atoms with E-state index in [1.54, 1.807) is 18.2 Å². The van der Waals surface area contributed by atoms with Gasteiger partial charge in [0.05, 0.1) is 6.10 Å². The third-order valence-electron chi connectivity index (χ3n) is 3.34. The van der Waals surface area contributed by atoms with E-state index in [9.17, 15) is 9.18 Å². The molecule has 2 aromatic rings. The van der Waals surface area contributed by atoms with Crippen molar-refractivity contribution in [2.75, 3.05) is 0 Å². The van der Waals surface area contributed by atoms with E-state index in [2.05, 4.69) is 5.32 Å². The van der Waals surface area contributed by atoms with E-state index in [1.165, 1.54) is 6.07 Å². The first-order valence-electron chi connectivity index (χ1n) is 7.80. The van der Waals surface area contributed by atoms with Crippen molar-refractivity contribution in [3.63, 3.8) is 0 Å². The summed E-state index contributed by atoms with van der Waals surface area (Å²) in [4.78, 5) is 11.9. The van der Waals surface area contributed by atoms with Crippen LogP contribution in [-0.4, -0.2) is 12.0 Å². The van der Waals surface area contributed by atoms with Crippen LogP contribution in [0, 0.1) is 5.82 Å². The van der Waals surface area contributed by atoms with Gasteiger partial charge in [0.2, 0.25) is 5.91 Å². The van der Waals surface area contributed by atoms with Gasteiger partial charge in [0, 0.05) is 13.0 Å². The molecular formula is C19H22FNO2. The number of carbonyl (C=O) groups excluding carboxylic acids is 1. The lowest BCUT2D eigenvalue weighted by Gasteiger charge is -2.11. The quantitative estimate of drug-likeness (QED) is 0.842. The molecule has 0 saturated carbocycles. The summed E-state index contributed by atoms with van der Waals surface area (Å²) in [6.45, 7) is 4.37. The Morgan fingerprint density at radius 3 is 2.70 bits per heavy atom. The average molecular weight is 315 g/mol. The molecular weight excluding hydrogens is 293 g/mol. The summed E-state index contributed by atoms with van der Waals surface area (Å²) >= 11 is 0. The summed E-state index contributed by atoms with van der Waals surface area (Å²) in [6.07, 6.45) is 0.776. The second-order valence-electron chi connectivity index (χ2n) is 5.68. The molecule has 0 saturated heterocycles. The van der Waals surface area contributed by atoms with Gasteiger partial charge in [-0.05, 0) is 49.6 Å². The minimum absolute atomic E-state index is 0.0940. The van der Waals surface area contributed by atoms with E-state index in [0.29, 0.717) is 18.5 Å². The molecule has 0 atom stereocenters. The topological polar surface area (TPSA) is 38.3 Å². The summed E-state index contributed by atoms with van der Waals surface area (Å²) in [6, 6.07) is 14.2. The molecule has 0 aliphatic rings. The molecule has 0 aliphatic carbocycles. The van der Waals surface area contributed by atoms with Crippen LogP contribution in [-0.2, 0) is 17.8 Å². The molecule has 3 nitrogen and oxygen atoms in total. The number of halogens is 1. The molecule has 0 bridgehead atoms. The van der Waals surface area contributed by atoms with Crippen molar-refractivity contribution in [1.29, 1.82) is 0 Å². The van der Waals surface area contributed by atoms with E-state index in [4.69, 9.17) is 4.74 Å². The van der Waals surface area contributed by atoms with Crippen molar-refractivity contribution in [3.05, 3.63) is 65.5 Å². The van der Waals surface area contributed by atoms with Gasteiger partial charge in [0.1, 0.15) is 11.6 Å². The number of carbonyl (C=O) groups is 1. The molecule has 0 aliphatic heterocycles. The Labute approximate surface area is 136 Å². The molecule has 0 aromatic heterocycles. The van der Waals surface area contributed by atoms with Crippen LogP contribution in [0.3, 0.4) is 0 Å². The molecule has 23 heavy (non-hydrogen) atoms. The fraction of sp³-hybridized carbons (Fsp3) is 0.316. The molecule has 0 heterocycles. The first-order chi connectivity index (χ1) is 11.0. The van der Waals surface area contributed by atoms with Gasteiger partial charge in [-0.25, -0.2) is 4.39 Å². The average Bonchev–Trinajstić information content (AvgIpc) is 2.52. The minimum Gasteiger partial charge on any atom is -0.491 e. The van der Waals surface area contributed by atoms with Crippen LogP contribution in [0.1, 0.15) is 31.4 Å². The van der Waals surface area contributed by atoms with Gasteiger partial charge in [-0.1, -0.05) is 30.3 Å². The van der Waals surface area contributed by atoms with Crippen LogP contribution in [0.25, 0.3) is 0 Å². The summed E-state index contributed by atoms with van der Waals surface area (Å²) in [7, 11) is 0. The maximum Gasteiger partial charge on any atom is 0.220 e. The largest absolute Gasteiger partial charge is 0.491 e. The molecule has 1 amide bonds. The number of hydrogen-bond acceptors (Lipinski definition) is 2. The minimum atomic E-state index is -0.265. The first-order valence-corrected chi connectivity index (χ1v) is 7.80. The SMILES string of the molecule is CC(C)Oc1cccc(CNC(=O)CCc2ccccc2F)c1. The normalized spacial score (nSPS) is 10.6. The molecule has 122 valence electrons. The molecule has 0 spiro atoms. The second-order valence-corrected chi connectivity index (χ2v) is 5.68. The Morgan fingerprint density at radius 1 is 1.17 bits per heavy atom. The van der Waals surface area contributed by atoms with Crippen molar-refractivity contribution < 1.29 is 13.9 Å². The fourth-order valence-electron chi connectivity index (χ4n) is 2.24. The Hall–Kier alpha value is -2.36. The number of benzene rings is 2. The smallest absolute Gasteiger partial charge is 0.220 e. The van der Waals surface area contributed by atoms with Crippen molar-refractivity contribution in [2.24, 2.45) is 0 Å². The zero-order valence-electron chi connectivity index (χ0n) is 13.5. The zero-order valence-corrected chi connectivity index (χ0v) is 13.5. The molecule has 2 rings (SSSR count). The van der Waals surface area contributed by atoms with Crippen LogP contribution in [0.4, 0.5) is 4.39 Å². The Kier molecular flexibility index (Phi) is 6.15. The van der Waals surface area contributed by atoms with Crippen molar-refractivity contribution in [3.8, 4) is 5.75 Å². The van der Waals surface area contributed by atoms with E-state index < -0.39 is 0 Å². The van der Waals surface area contributed by atoms with Gasteiger partial charge >= 0.3 is 0 Å². The Bertz CT molecular complexity index is 655. The zero-order chi connectivity index (χ0) is 16.7. The molecule has 2 aromatic carbocycles. The highest BCUT2D eigenvalue weighted by atomic mass is 19.1. The van der Waals surface area contributed by atoms with Crippen molar-refractivity contribution >= 4 is 5.91 Å². The summed E-state index contributed by atoms with van der Waals surface area (Å²) < 4.78 is 19.1. The van der Waals surface area contributed by atoms with Crippen LogP contribution in [0.15, 0.2) is 48.5 Å². The maximum absolute atomic E-state index is 13.5. The number of ether oxygens (including phenoxy) is 1. The molecule has 0 unspecified atom stereocenters. The Morgan fingerprint density at radius 2 is 1.96 bits per heavy atom. The maximum atomic E-state index is 13.5. The van der Waals surface area contributed by atoms with Gasteiger partial charge in [-0.3, -0.25) is 4.79 Å². The highest BCUT2D eigenvalue weighted by molar-refractivity contribution is 5.76. The third kappa shape index (κ3) is 5.74. The summed E-state index contributed by atoms with van der Waals surface area (Å²) in [5, 5.41) is 2.85. The van der Waals surface area contributed by atoms with Crippen LogP contribution in [0.2, 0.25) is 0 Å². The second kappa shape index (κ2) is 8.32. The van der Waals surface area contributed by atoms with Gasteiger partial charge < -0.3 is 10.1 Å². The lowest BCUT2D eigenvalue weighted by atomic mass is 10.1. The van der Waals surface area contributed by atoms with E-state index in [1.807, 2.05) is 38.1 Å². The van der Waals surface area contributed by atoms with Crippen molar-refractivity contribution in [1.82, 2.24) is 5.32 Å². The molecule has 1 N–H and O–H groups in total. The first kappa shape index (κ1) is 17.0. The predicted molar refractivity (Wildman–Crippen MR) is 88.8 cm³/mol. The molecule has 0 radical (unpaired) electrons. The number of hydrogen-bond donors (Lipinski definition) is 1. The molecule has 0 fully saturated rings. The van der Waals surface area contributed by atoms with Gasteiger partial charge in [-0.15, -0.1) is 0 Å². The summed E-state index contributed by atoms with van der Waals surface area (Å²) in [5.41, 5.74) is 1.54. The van der Waals surface area contributed by atoms with E-state index in [-0.39, 0.29) is 24.2 Å². The molecule has 4 heteroatoms. The monoisotopic (exact) mass is 315 g/mol. The summed E-state index contributed by atoms with van der Waals surface area (Å²) in [5.74, 6) is 0.431. The van der Waals surface area contributed by atoms with Crippen LogP contribution < -0.4 is 10.1 Å². The number of aryl methyl sites for hydroxylation is 1. The van der Waals surface area contributed by atoms with E-state index >= 15 is 0 Å². The fourth-order valence-corrected chi connectivity index (χ4v) is 2.24. The van der Waals surface area contributed by atoms with Crippen molar-refractivity contribution in [2.45, 2.75) is 39.3 Å². The lowest BCUT2D eigenvalue weighted by Crippen LogP contribution is -2.23. The highest BCUT2D eigenvalue weighted by Crippen LogP contribution is 2.15. The predicted octanol–water partition coefficient (Wildman–Crippen LogP) is 3.86. The standard InChI is InChI=1S/C19H22FNO2/c1-14(2)23-17-8-5-6-15(12-17)13-21-19(22)11-10-16-7-3-4-9-18(16)20/h3-9,12,14H,10-11,13H2,1-2H3,(H,21,22). The van der Waals surface area contributed by atoms with Gasteiger partial charge in [-0.2, -0.15) is 0 Å². The third-order valence-corrected chi connectivity index (χ3v) is 3.34. The van der Waals surface area contributed by atoms with Gasteiger partial charge in [0.15, 0.2) is 0 Å².